The van der Waals surface area contributed by atoms with E-state index in [0.29, 0.717) is 43.2 Å². The summed E-state index contributed by atoms with van der Waals surface area (Å²) in [7, 11) is 0. The molecule has 6 heteroatoms. The van der Waals surface area contributed by atoms with E-state index in [1.165, 1.54) is 12.1 Å². The molecule has 31 heavy (non-hydrogen) atoms. The van der Waals surface area contributed by atoms with Gasteiger partial charge in [0.15, 0.2) is 0 Å². The lowest BCUT2D eigenvalue weighted by Crippen LogP contribution is -2.49. The second-order valence-electron chi connectivity index (χ2n) is 7.32. The fourth-order valence-corrected chi connectivity index (χ4v) is 3.71. The summed E-state index contributed by atoms with van der Waals surface area (Å²) in [6.45, 7) is 2.11. The molecule has 0 bridgehead atoms. The minimum Gasteiger partial charge on any atom is -0.457 e. The number of nitrogens with zero attached hydrogens (tertiary/aromatic N) is 3. The first-order valence-corrected chi connectivity index (χ1v) is 10.2. The highest BCUT2D eigenvalue weighted by Gasteiger charge is 2.28. The van der Waals surface area contributed by atoms with Crippen LogP contribution in [0.3, 0.4) is 0 Å². The van der Waals surface area contributed by atoms with Gasteiger partial charge in [-0.1, -0.05) is 42.5 Å². The molecule has 3 aromatic carbocycles. The Bertz CT molecular complexity index is 1070. The zero-order valence-electron chi connectivity index (χ0n) is 16.9. The van der Waals surface area contributed by atoms with E-state index in [9.17, 15) is 14.4 Å². The monoisotopic (exact) mass is 415 g/mol. The second-order valence-corrected chi connectivity index (χ2v) is 7.32. The average molecular weight is 415 g/mol. The van der Waals surface area contributed by atoms with Crippen molar-refractivity contribution in [3.05, 3.63) is 95.8 Å². The third kappa shape index (κ3) is 4.73. The van der Waals surface area contributed by atoms with Gasteiger partial charge in [0.25, 0.3) is 5.91 Å². The quantitative estimate of drug-likeness (QED) is 0.609. The van der Waals surface area contributed by atoms with Crippen molar-refractivity contribution < 1.29 is 13.9 Å². The minimum atomic E-state index is -0.466. The molecule has 0 aliphatic carbocycles. The average Bonchev–Trinajstić information content (AvgIpc) is 2.82. The summed E-state index contributed by atoms with van der Waals surface area (Å²) >= 11 is 0. The maximum absolute atomic E-state index is 13.2. The Kier molecular flexibility index (Phi) is 6.25. The smallest absolute Gasteiger partial charge is 0.257 e. The Morgan fingerprint density at radius 2 is 1.55 bits per heavy atom. The molecule has 1 unspecified atom stereocenters. The molecule has 1 amide bonds. The lowest BCUT2D eigenvalue weighted by molar-refractivity contribution is 0.0604. The van der Waals surface area contributed by atoms with Gasteiger partial charge < -0.3 is 9.64 Å². The summed E-state index contributed by atoms with van der Waals surface area (Å²) in [6, 6.07) is 24.4. The number of hydrogen-bond acceptors (Lipinski definition) is 4. The molecule has 1 atom stereocenters. The van der Waals surface area contributed by atoms with Crippen LogP contribution in [0.5, 0.6) is 11.5 Å². The summed E-state index contributed by atoms with van der Waals surface area (Å²) in [4.78, 5) is 17.0. The van der Waals surface area contributed by atoms with Crippen molar-refractivity contribution in [1.82, 2.24) is 9.80 Å². The van der Waals surface area contributed by atoms with Crippen molar-refractivity contribution in [3.63, 3.8) is 0 Å². The highest BCUT2D eigenvalue weighted by atomic mass is 19.1. The number of halogens is 1. The Morgan fingerprint density at radius 3 is 2.23 bits per heavy atom. The fourth-order valence-electron chi connectivity index (χ4n) is 3.71. The molecule has 3 aromatic rings. The summed E-state index contributed by atoms with van der Waals surface area (Å²) in [5.41, 5.74) is 1.26. The maximum atomic E-state index is 13.2. The molecule has 5 nitrogen and oxygen atoms in total. The van der Waals surface area contributed by atoms with E-state index in [1.807, 2.05) is 47.4 Å². The van der Waals surface area contributed by atoms with E-state index in [1.54, 1.807) is 29.2 Å². The van der Waals surface area contributed by atoms with Crippen molar-refractivity contribution >= 4 is 5.91 Å². The summed E-state index contributed by atoms with van der Waals surface area (Å²) < 4.78 is 19.2. The topological polar surface area (TPSA) is 56.6 Å². The Morgan fingerprint density at radius 1 is 0.903 bits per heavy atom. The number of carbonyl (C=O) groups excluding carboxylic acids is 1. The number of rotatable bonds is 5. The van der Waals surface area contributed by atoms with Crippen LogP contribution in [0.15, 0.2) is 78.9 Å². The van der Waals surface area contributed by atoms with E-state index >= 15 is 0 Å². The van der Waals surface area contributed by atoms with Gasteiger partial charge >= 0.3 is 0 Å². The molecule has 156 valence electrons. The van der Waals surface area contributed by atoms with Crippen LogP contribution in [0, 0.1) is 17.1 Å². The maximum Gasteiger partial charge on any atom is 0.257 e. The molecule has 0 spiro atoms. The van der Waals surface area contributed by atoms with Gasteiger partial charge in [-0.15, -0.1) is 0 Å². The number of para-hydroxylation sites is 2. The Labute approximate surface area is 180 Å². The number of ether oxygens (including phenoxy) is 1. The van der Waals surface area contributed by atoms with E-state index in [-0.39, 0.29) is 11.7 Å². The van der Waals surface area contributed by atoms with Crippen LogP contribution in [0.2, 0.25) is 0 Å². The third-order valence-electron chi connectivity index (χ3n) is 5.36. The SMILES string of the molecule is N#CC(c1ccc(F)cc1)N1CCN(C(=O)c2ccccc2Oc2ccccc2)CC1. The van der Waals surface area contributed by atoms with Crippen LogP contribution in [0.25, 0.3) is 0 Å². The predicted molar refractivity (Wildman–Crippen MR) is 115 cm³/mol. The Hall–Kier alpha value is -3.69. The van der Waals surface area contributed by atoms with Gasteiger partial charge in [-0.05, 0) is 42.0 Å². The molecule has 1 fully saturated rings. The van der Waals surface area contributed by atoms with Crippen LogP contribution < -0.4 is 4.74 Å². The molecule has 1 saturated heterocycles. The predicted octanol–water partition coefficient (Wildman–Crippen LogP) is 4.64. The molecular weight excluding hydrogens is 393 g/mol. The summed E-state index contributed by atoms with van der Waals surface area (Å²) in [5.74, 6) is 0.764. The first kappa shape index (κ1) is 20.6. The molecule has 0 saturated carbocycles. The van der Waals surface area contributed by atoms with Gasteiger partial charge in [0, 0.05) is 26.2 Å². The van der Waals surface area contributed by atoms with Gasteiger partial charge in [0.05, 0.1) is 11.6 Å². The highest BCUT2D eigenvalue weighted by molar-refractivity contribution is 5.97. The number of piperazine rings is 1. The lowest BCUT2D eigenvalue weighted by atomic mass is 10.1. The molecule has 1 heterocycles. The molecular formula is C25H22FN3O2. The molecule has 1 aliphatic rings. The van der Waals surface area contributed by atoms with Gasteiger partial charge in [0.2, 0.25) is 0 Å². The number of nitriles is 1. The van der Waals surface area contributed by atoms with Gasteiger partial charge in [-0.3, -0.25) is 9.69 Å². The zero-order valence-corrected chi connectivity index (χ0v) is 16.9. The first-order valence-electron chi connectivity index (χ1n) is 10.2. The number of amides is 1. The van der Waals surface area contributed by atoms with Crippen molar-refractivity contribution in [1.29, 1.82) is 5.26 Å². The van der Waals surface area contributed by atoms with Crippen LogP contribution >= 0.6 is 0 Å². The van der Waals surface area contributed by atoms with E-state index in [4.69, 9.17) is 4.74 Å². The number of carbonyl (C=O) groups is 1. The van der Waals surface area contributed by atoms with Crippen LogP contribution in [-0.2, 0) is 0 Å². The molecule has 4 rings (SSSR count). The second kappa shape index (κ2) is 9.41. The van der Waals surface area contributed by atoms with Crippen molar-refractivity contribution in [2.45, 2.75) is 6.04 Å². The lowest BCUT2D eigenvalue weighted by Gasteiger charge is -2.37. The Balaban J connectivity index is 1.44. The molecule has 0 aromatic heterocycles. The zero-order chi connectivity index (χ0) is 21.6. The molecule has 0 N–H and O–H groups in total. The number of benzene rings is 3. The largest absolute Gasteiger partial charge is 0.457 e. The standard InChI is InChI=1S/C25H22FN3O2/c26-20-12-10-19(11-13-20)23(18-27)28-14-16-29(17-15-28)25(30)22-8-4-5-9-24(22)31-21-6-2-1-3-7-21/h1-13,23H,14-17H2. The highest BCUT2D eigenvalue weighted by Crippen LogP contribution is 2.27. The van der Waals surface area contributed by atoms with Crippen LogP contribution in [0.1, 0.15) is 22.0 Å². The van der Waals surface area contributed by atoms with Crippen molar-refractivity contribution in [2.75, 3.05) is 26.2 Å². The van der Waals surface area contributed by atoms with Gasteiger partial charge in [-0.2, -0.15) is 5.26 Å². The summed E-state index contributed by atoms with van der Waals surface area (Å²) in [5, 5.41) is 9.65. The third-order valence-corrected chi connectivity index (χ3v) is 5.36. The van der Waals surface area contributed by atoms with Gasteiger partial charge in [-0.25, -0.2) is 4.39 Å². The van der Waals surface area contributed by atoms with E-state index in [0.717, 1.165) is 5.56 Å². The normalized spacial score (nSPS) is 15.2. The van der Waals surface area contributed by atoms with Crippen molar-refractivity contribution in [3.8, 4) is 17.6 Å². The minimum absolute atomic E-state index is 0.0959. The van der Waals surface area contributed by atoms with Crippen molar-refractivity contribution in [2.24, 2.45) is 0 Å². The van der Waals surface area contributed by atoms with Gasteiger partial charge in [0.1, 0.15) is 23.4 Å². The first-order chi connectivity index (χ1) is 15.2. The fraction of sp³-hybridized carbons (Fsp3) is 0.200. The molecule has 0 radical (unpaired) electrons. The van der Waals surface area contributed by atoms with Crippen LogP contribution in [0.4, 0.5) is 4.39 Å². The van der Waals surface area contributed by atoms with E-state index < -0.39 is 6.04 Å². The molecule has 1 aliphatic heterocycles. The van der Waals surface area contributed by atoms with Crippen LogP contribution in [-0.4, -0.2) is 41.9 Å². The van der Waals surface area contributed by atoms with E-state index in [2.05, 4.69) is 6.07 Å². The summed E-state index contributed by atoms with van der Waals surface area (Å²) in [6.07, 6.45) is 0. The number of hydrogen-bond donors (Lipinski definition) is 0.